The number of rotatable bonds is 8. The highest BCUT2D eigenvalue weighted by molar-refractivity contribution is 5.86. The largest absolute Gasteiger partial charge is 0.493 e. The van der Waals surface area contributed by atoms with Crippen LogP contribution in [0, 0.1) is 0 Å². The molecule has 6 heteroatoms. The molecular formula is C18H26N2O4. The van der Waals surface area contributed by atoms with E-state index >= 15 is 0 Å². The maximum atomic E-state index is 12.7. The molecule has 1 amide bonds. The van der Waals surface area contributed by atoms with Crippen molar-refractivity contribution in [2.75, 3.05) is 33.9 Å². The number of nitrogens with zero attached hydrogens (tertiary/aromatic N) is 1. The third kappa shape index (κ3) is 3.88. The number of carbonyl (C=O) groups excluding carboxylic acids is 1. The van der Waals surface area contributed by atoms with Crippen LogP contribution in [-0.4, -0.2) is 55.4 Å². The van der Waals surface area contributed by atoms with Crippen LogP contribution in [0.1, 0.15) is 18.4 Å². The molecule has 1 aromatic rings. The average Bonchev–Trinajstić information content (AvgIpc) is 2.59. The summed E-state index contributed by atoms with van der Waals surface area (Å²) >= 11 is 0. The van der Waals surface area contributed by atoms with Gasteiger partial charge in [0.1, 0.15) is 0 Å². The van der Waals surface area contributed by atoms with E-state index in [1.807, 2.05) is 18.2 Å². The summed E-state index contributed by atoms with van der Waals surface area (Å²) in [4.78, 5) is 14.4. The minimum atomic E-state index is -1.37. The van der Waals surface area contributed by atoms with Crippen molar-refractivity contribution in [1.29, 1.82) is 0 Å². The SMILES string of the molecule is C=CCNCC1(O)CCCN(Cc2cccc(OC)c2OC)C1=O. The van der Waals surface area contributed by atoms with E-state index in [2.05, 4.69) is 11.9 Å². The third-order valence-electron chi connectivity index (χ3n) is 4.26. The van der Waals surface area contributed by atoms with Crippen LogP contribution in [-0.2, 0) is 11.3 Å². The first-order chi connectivity index (χ1) is 11.6. The number of ether oxygens (including phenoxy) is 2. The Bertz CT molecular complexity index is 590. The van der Waals surface area contributed by atoms with Crippen molar-refractivity contribution in [2.24, 2.45) is 0 Å². The van der Waals surface area contributed by atoms with Crippen molar-refractivity contribution in [1.82, 2.24) is 10.2 Å². The Morgan fingerprint density at radius 3 is 2.88 bits per heavy atom. The van der Waals surface area contributed by atoms with Crippen LogP contribution in [0.4, 0.5) is 0 Å². The molecule has 6 nitrogen and oxygen atoms in total. The second-order valence-electron chi connectivity index (χ2n) is 5.93. The number of piperidine rings is 1. The lowest BCUT2D eigenvalue weighted by atomic mass is 9.91. The Morgan fingerprint density at radius 1 is 1.42 bits per heavy atom. The second-order valence-corrected chi connectivity index (χ2v) is 5.93. The van der Waals surface area contributed by atoms with Crippen LogP contribution in [0.2, 0.25) is 0 Å². The molecule has 1 aliphatic rings. The van der Waals surface area contributed by atoms with Crippen molar-refractivity contribution in [3.05, 3.63) is 36.4 Å². The highest BCUT2D eigenvalue weighted by Gasteiger charge is 2.41. The molecule has 0 saturated carbocycles. The smallest absolute Gasteiger partial charge is 0.256 e. The molecule has 2 rings (SSSR count). The number of nitrogens with one attached hydrogen (secondary N) is 1. The van der Waals surface area contributed by atoms with Gasteiger partial charge in [-0.1, -0.05) is 18.2 Å². The molecule has 0 spiro atoms. The van der Waals surface area contributed by atoms with E-state index in [4.69, 9.17) is 9.47 Å². The monoisotopic (exact) mass is 334 g/mol. The Labute approximate surface area is 143 Å². The van der Waals surface area contributed by atoms with E-state index < -0.39 is 5.60 Å². The number of likely N-dealkylation sites (tertiary alicyclic amines) is 1. The summed E-state index contributed by atoms with van der Waals surface area (Å²) < 4.78 is 10.7. The summed E-state index contributed by atoms with van der Waals surface area (Å²) in [5.41, 5.74) is -0.513. The zero-order valence-corrected chi connectivity index (χ0v) is 14.4. The standard InChI is InChI=1S/C18H26N2O4/c1-4-10-19-13-18(22)9-6-11-20(17(18)21)12-14-7-5-8-15(23-2)16(14)24-3/h4-5,7-8,19,22H,1,6,9-13H2,2-3H3. The minimum absolute atomic E-state index is 0.226. The normalized spacial score (nSPS) is 20.8. The molecule has 0 aromatic heterocycles. The molecule has 132 valence electrons. The van der Waals surface area contributed by atoms with Gasteiger partial charge in [0.15, 0.2) is 17.1 Å². The molecule has 0 radical (unpaired) electrons. The molecule has 0 aliphatic carbocycles. The number of aliphatic hydroxyl groups is 1. The molecule has 0 bridgehead atoms. The minimum Gasteiger partial charge on any atom is -0.493 e. The van der Waals surface area contributed by atoms with E-state index in [0.29, 0.717) is 37.6 Å². The maximum absolute atomic E-state index is 12.7. The number of hydrogen-bond donors (Lipinski definition) is 2. The first-order valence-electron chi connectivity index (χ1n) is 8.09. The van der Waals surface area contributed by atoms with Gasteiger partial charge in [0.25, 0.3) is 5.91 Å². The summed E-state index contributed by atoms with van der Waals surface area (Å²) in [6.45, 7) is 5.40. The molecule has 1 heterocycles. The van der Waals surface area contributed by atoms with Gasteiger partial charge in [0.05, 0.1) is 14.2 Å². The molecule has 1 aliphatic heterocycles. The molecule has 1 saturated heterocycles. The van der Waals surface area contributed by atoms with E-state index in [1.54, 1.807) is 25.2 Å². The van der Waals surface area contributed by atoms with Crippen molar-refractivity contribution in [3.8, 4) is 11.5 Å². The fraction of sp³-hybridized carbons (Fsp3) is 0.500. The highest BCUT2D eigenvalue weighted by atomic mass is 16.5. The predicted octanol–water partition coefficient (Wildman–Crippen LogP) is 1.33. The Hall–Kier alpha value is -2.05. The number of amides is 1. The van der Waals surface area contributed by atoms with Crippen LogP contribution in [0.15, 0.2) is 30.9 Å². The molecule has 1 aromatic carbocycles. The van der Waals surface area contributed by atoms with E-state index in [-0.39, 0.29) is 12.5 Å². The van der Waals surface area contributed by atoms with Gasteiger partial charge in [0, 0.05) is 31.7 Å². The summed E-state index contributed by atoms with van der Waals surface area (Å²) in [6.07, 6.45) is 2.92. The predicted molar refractivity (Wildman–Crippen MR) is 92.2 cm³/mol. The molecule has 1 unspecified atom stereocenters. The summed E-state index contributed by atoms with van der Waals surface area (Å²) in [5.74, 6) is 0.990. The van der Waals surface area contributed by atoms with E-state index in [9.17, 15) is 9.90 Å². The summed E-state index contributed by atoms with van der Waals surface area (Å²) in [7, 11) is 3.16. The second kappa shape index (κ2) is 8.17. The van der Waals surface area contributed by atoms with Crippen LogP contribution >= 0.6 is 0 Å². The van der Waals surface area contributed by atoms with Gasteiger partial charge in [-0.15, -0.1) is 6.58 Å². The van der Waals surface area contributed by atoms with Crippen molar-refractivity contribution in [3.63, 3.8) is 0 Å². The topological polar surface area (TPSA) is 71.0 Å². The van der Waals surface area contributed by atoms with Gasteiger partial charge in [-0.05, 0) is 18.9 Å². The first kappa shape index (κ1) is 18.3. The zero-order valence-electron chi connectivity index (χ0n) is 14.4. The van der Waals surface area contributed by atoms with Gasteiger partial charge >= 0.3 is 0 Å². The Kier molecular flexibility index (Phi) is 6.23. The summed E-state index contributed by atoms with van der Waals surface area (Å²) in [5, 5.41) is 13.7. The van der Waals surface area contributed by atoms with Gasteiger partial charge in [-0.3, -0.25) is 4.79 Å². The van der Waals surface area contributed by atoms with E-state index in [1.165, 1.54) is 0 Å². The van der Waals surface area contributed by atoms with Gasteiger partial charge in [-0.25, -0.2) is 0 Å². The highest BCUT2D eigenvalue weighted by Crippen LogP contribution is 2.33. The third-order valence-corrected chi connectivity index (χ3v) is 4.26. The van der Waals surface area contributed by atoms with Crippen molar-refractivity contribution >= 4 is 5.91 Å². The number of para-hydroxylation sites is 1. The fourth-order valence-electron chi connectivity index (χ4n) is 3.04. The first-order valence-corrected chi connectivity index (χ1v) is 8.09. The van der Waals surface area contributed by atoms with E-state index in [0.717, 1.165) is 12.0 Å². The van der Waals surface area contributed by atoms with Crippen molar-refractivity contribution < 1.29 is 19.4 Å². The lowest BCUT2D eigenvalue weighted by Crippen LogP contribution is -2.57. The van der Waals surface area contributed by atoms with Gasteiger partial charge in [0.2, 0.25) is 0 Å². The van der Waals surface area contributed by atoms with Gasteiger partial charge in [-0.2, -0.15) is 0 Å². The number of methoxy groups -OCH3 is 2. The average molecular weight is 334 g/mol. The summed E-state index contributed by atoms with van der Waals surface area (Å²) in [6, 6.07) is 5.58. The molecule has 1 fully saturated rings. The molecule has 24 heavy (non-hydrogen) atoms. The maximum Gasteiger partial charge on any atom is 0.256 e. The van der Waals surface area contributed by atoms with Crippen LogP contribution < -0.4 is 14.8 Å². The number of carbonyl (C=O) groups is 1. The molecular weight excluding hydrogens is 308 g/mol. The zero-order chi connectivity index (χ0) is 17.6. The van der Waals surface area contributed by atoms with Crippen LogP contribution in [0.5, 0.6) is 11.5 Å². The van der Waals surface area contributed by atoms with Crippen LogP contribution in [0.3, 0.4) is 0 Å². The lowest BCUT2D eigenvalue weighted by molar-refractivity contribution is -0.157. The number of hydrogen-bond acceptors (Lipinski definition) is 5. The Balaban J connectivity index is 2.15. The number of benzene rings is 1. The van der Waals surface area contributed by atoms with Crippen molar-refractivity contribution in [2.45, 2.75) is 25.0 Å². The van der Waals surface area contributed by atoms with Crippen LogP contribution in [0.25, 0.3) is 0 Å². The fourth-order valence-corrected chi connectivity index (χ4v) is 3.04. The van der Waals surface area contributed by atoms with Gasteiger partial charge < -0.3 is 24.8 Å². The molecule has 1 atom stereocenters. The molecule has 2 N–H and O–H groups in total. The quantitative estimate of drug-likeness (QED) is 0.554. The lowest BCUT2D eigenvalue weighted by Gasteiger charge is -2.38. The Morgan fingerprint density at radius 2 is 2.21 bits per heavy atom.